The summed E-state index contributed by atoms with van der Waals surface area (Å²) in [5, 5.41) is 2.09. The van der Waals surface area contributed by atoms with Gasteiger partial charge in [-0.3, -0.25) is 4.90 Å². The number of sulfonamides is 1. The number of para-hydroxylation sites is 1. The Kier molecular flexibility index (Phi) is 4.59. The zero-order valence-corrected chi connectivity index (χ0v) is 16.7. The maximum atomic E-state index is 13.2. The zero-order chi connectivity index (χ0) is 18.4. The molecule has 2 aromatic rings. The van der Waals surface area contributed by atoms with Crippen molar-refractivity contribution >= 4 is 21.4 Å². The van der Waals surface area contributed by atoms with Gasteiger partial charge in [-0.05, 0) is 37.4 Å². The predicted molar refractivity (Wildman–Crippen MR) is 103 cm³/mol. The summed E-state index contributed by atoms with van der Waals surface area (Å²) < 4.78 is 34.4. The van der Waals surface area contributed by atoms with E-state index >= 15 is 0 Å². The summed E-state index contributed by atoms with van der Waals surface area (Å²) in [4.78, 5) is 3.97. The molecule has 2 aliphatic heterocycles. The molecule has 1 spiro atoms. The third kappa shape index (κ3) is 3.17. The third-order valence-corrected chi connectivity index (χ3v) is 8.06. The first kappa shape index (κ1) is 18.0. The highest BCUT2D eigenvalue weighted by atomic mass is 32.2. The highest BCUT2D eigenvalue weighted by Crippen LogP contribution is 2.39. The third-order valence-electron chi connectivity index (χ3n) is 5.14. The van der Waals surface area contributed by atoms with Crippen molar-refractivity contribution in [3.8, 4) is 5.75 Å². The fraction of sp³-hybridized carbons (Fsp3) is 0.474. The van der Waals surface area contributed by atoms with E-state index in [4.69, 9.17) is 4.74 Å². The molecule has 0 bridgehead atoms. The number of benzene rings is 1. The van der Waals surface area contributed by atoms with Gasteiger partial charge in [0.15, 0.2) is 0 Å². The molecule has 2 aliphatic rings. The lowest BCUT2D eigenvalue weighted by Crippen LogP contribution is -2.51. The number of fused-ring (bicyclic) bond motifs is 1. The van der Waals surface area contributed by atoms with Crippen LogP contribution < -0.4 is 4.74 Å². The fourth-order valence-electron chi connectivity index (χ4n) is 3.87. The molecule has 140 valence electrons. The number of ether oxygens (including phenoxy) is 1. The van der Waals surface area contributed by atoms with Crippen LogP contribution in [0.5, 0.6) is 5.75 Å². The van der Waals surface area contributed by atoms with E-state index in [0.717, 1.165) is 26.1 Å². The van der Waals surface area contributed by atoms with Crippen LogP contribution in [0.2, 0.25) is 0 Å². The largest absolute Gasteiger partial charge is 0.483 e. The van der Waals surface area contributed by atoms with Crippen molar-refractivity contribution < 1.29 is 13.2 Å². The smallest absolute Gasteiger partial charge is 0.247 e. The topological polar surface area (TPSA) is 49.9 Å². The summed E-state index contributed by atoms with van der Waals surface area (Å²) in [7, 11) is -3.56. The van der Waals surface area contributed by atoms with E-state index in [-0.39, 0.29) is 10.9 Å². The number of hydrogen-bond acceptors (Lipinski definition) is 5. The van der Waals surface area contributed by atoms with Gasteiger partial charge >= 0.3 is 0 Å². The standard InChI is InChI=1S/C19H24N2O3S2/c1-15(2)21-14-19(9-10-20(13-19)12-16-6-5-11-25-16)24-17-7-3-4-8-18(17)26(21,22)23/h3-8,11,15H,9-10,12-14H2,1-2H3/t19-/m1/s1. The van der Waals surface area contributed by atoms with Crippen molar-refractivity contribution in [2.45, 2.75) is 43.4 Å². The van der Waals surface area contributed by atoms with Crippen LogP contribution >= 0.6 is 11.3 Å². The highest BCUT2D eigenvalue weighted by Gasteiger charge is 2.48. The second kappa shape index (κ2) is 6.64. The number of nitrogens with zero attached hydrogens (tertiary/aromatic N) is 2. The van der Waals surface area contributed by atoms with E-state index in [1.807, 2.05) is 19.9 Å². The second-order valence-corrected chi connectivity index (χ2v) is 10.3. The number of hydrogen-bond donors (Lipinski definition) is 0. The van der Waals surface area contributed by atoms with Crippen LogP contribution in [0.4, 0.5) is 0 Å². The van der Waals surface area contributed by atoms with E-state index in [2.05, 4.69) is 22.4 Å². The molecule has 5 nitrogen and oxygen atoms in total. The monoisotopic (exact) mass is 392 g/mol. The van der Waals surface area contributed by atoms with Gasteiger partial charge in [-0.25, -0.2) is 8.42 Å². The predicted octanol–water partition coefficient (Wildman–Crippen LogP) is 3.18. The quantitative estimate of drug-likeness (QED) is 0.805. The molecule has 1 fully saturated rings. The van der Waals surface area contributed by atoms with Gasteiger partial charge < -0.3 is 4.74 Å². The molecule has 1 atom stereocenters. The number of likely N-dealkylation sites (tertiary alicyclic amines) is 1. The molecule has 0 amide bonds. The molecule has 0 saturated carbocycles. The molecule has 1 saturated heterocycles. The lowest BCUT2D eigenvalue weighted by atomic mass is 10.0. The van der Waals surface area contributed by atoms with Crippen molar-refractivity contribution in [3.63, 3.8) is 0 Å². The Bertz CT molecular complexity index is 880. The lowest BCUT2D eigenvalue weighted by molar-refractivity contribution is 0.0533. The molecule has 4 rings (SSSR count). The molecule has 0 aliphatic carbocycles. The molecule has 0 unspecified atom stereocenters. The van der Waals surface area contributed by atoms with Gasteiger partial charge in [0.25, 0.3) is 0 Å². The fourth-order valence-corrected chi connectivity index (χ4v) is 6.44. The summed E-state index contributed by atoms with van der Waals surface area (Å²) >= 11 is 1.75. The van der Waals surface area contributed by atoms with E-state index < -0.39 is 15.6 Å². The molecule has 1 aromatic carbocycles. The van der Waals surface area contributed by atoms with E-state index in [1.165, 1.54) is 4.88 Å². The van der Waals surface area contributed by atoms with Crippen LogP contribution in [0.15, 0.2) is 46.7 Å². The minimum absolute atomic E-state index is 0.113. The van der Waals surface area contributed by atoms with Crippen LogP contribution in [0.25, 0.3) is 0 Å². The van der Waals surface area contributed by atoms with Gasteiger partial charge in [-0.15, -0.1) is 11.3 Å². The van der Waals surface area contributed by atoms with E-state index in [9.17, 15) is 8.42 Å². The van der Waals surface area contributed by atoms with Gasteiger partial charge in [0.2, 0.25) is 10.0 Å². The van der Waals surface area contributed by atoms with E-state index in [0.29, 0.717) is 12.3 Å². The Balaban J connectivity index is 1.68. The summed E-state index contributed by atoms with van der Waals surface area (Å²) in [5.41, 5.74) is -0.499. The van der Waals surface area contributed by atoms with Crippen LogP contribution in [-0.2, 0) is 16.6 Å². The van der Waals surface area contributed by atoms with Crippen LogP contribution in [0, 0.1) is 0 Å². The van der Waals surface area contributed by atoms with Crippen molar-refractivity contribution in [3.05, 3.63) is 46.7 Å². The van der Waals surface area contributed by atoms with E-state index in [1.54, 1.807) is 33.8 Å². The minimum atomic E-state index is -3.56. The van der Waals surface area contributed by atoms with Crippen molar-refractivity contribution in [2.75, 3.05) is 19.6 Å². The van der Waals surface area contributed by atoms with Gasteiger partial charge in [-0.2, -0.15) is 4.31 Å². The second-order valence-electron chi connectivity index (χ2n) is 7.42. The molecular formula is C19H24N2O3S2. The normalized spacial score (nSPS) is 26.0. The number of thiophene rings is 1. The Morgan fingerprint density at radius 1 is 1.19 bits per heavy atom. The lowest BCUT2D eigenvalue weighted by Gasteiger charge is -2.33. The first-order valence-corrected chi connectivity index (χ1v) is 11.3. The molecule has 0 radical (unpaired) electrons. The average molecular weight is 393 g/mol. The van der Waals surface area contributed by atoms with Gasteiger partial charge in [0, 0.05) is 37.0 Å². The van der Waals surface area contributed by atoms with Gasteiger partial charge in [0.05, 0.1) is 6.54 Å². The summed E-state index contributed by atoms with van der Waals surface area (Å²) in [6.45, 7) is 6.78. The molecular weight excluding hydrogens is 368 g/mol. The summed E-state index contributed by atoms with van der Waals surface area (Å²) in [6.07, 6.45) is 0.825. The maximum absolute atomic E-state index is 13.2. The summed E-state index contributed by atoms with van der Waals surface area (Å²) in [6, 6.07) is 11.1. The number of rotatable bonds is 3. The molecule has 0 N–H and O–H groups in total. The summed E-state index contributed by atoms with van der Waals surface area (Å²) in [5.74, 6) is 0.480. The minimum Gasteiger partial charge on any atom is -0.483 e. The van der Waals surface area contributed by atoms with Crippen molar-refractivity contribution in [1.29, 1.82) is 0 Å². The van der Waals surface area contributed by atoms with Gasteiger partial charge in [-0.1, -0.05) is 18.2 Å². The molecule has 26 heavy (non-hydrogen) atoms. The highest BCUT2D eigenvalue weighted by molar-refractivity contribution is 7.89. The Labute approximate surface area is 159 Å². The SMILES string of the molecule is CC(C)N1C[C@]2(CCN(Cc3cccs3)C2)Oc2ccccc2S1(=O)=O. The Morgan fingerprint density at radius 2 is 2.00 bits per heavy atom. The molecule has 1 aromatic heterocycles. The van der Waals surface area contributed by atoms with Crippen molar-refractivity contribution in [2.24, 2.45) is 0 Å². The first-order chi connectivity index (χ1) is 12.4. The Morgan fingerprint density at radius 3 is 2.73 bits per heavy atom. The van der Waals surface area contributed by atoms with Crippen LogP contribution in [-0.4, -0.2) is 48.9 Å². The maximum Gasteiger partial charge on any atom is 0.247 e. The Hall–Kier alpha value is -1.41. The zero-order valence-electron chi connectivity index (χ0n) is 15.1. The molecule has 3 heterocycles. The first-order valence-electron chi connectivity index (χ1n) is 8.94. The molecule has 7 heteroatoms. The van der Waals surface area contributed by atoms with Crippen molar-refractivity contribution in [1.82, 2.24) is 9.21 Å². The van der Waals surface area contributed by atoms with Crippen LogP contribution in [0.1, 0.15) is 25.1 Å². The average Bonchev–Trinajstić information content (AvgIpc) is 3.21. The van der Waals surface area contributed by atoms with Gasteiger partial charge in [0.1, 0.15) is 16.2 Å². The van der Waals surface area contributed by atoms with Crippen LogP contribution in [0.3, 0.4) is 0 Å².